The normalized spacial score (nSPS) is 18.6. The van der Waals surface area contributed by atoms with Crippen molar-refractivity contribution < 1.29 is 8.42 Å². The quantitative estimate of drug-likeness (QED) is 0.774. The zero-order valence-electron chi connectivity index (χ0n) is 16.2. The molecule has 0 spiro atoms. The third-order valence-electron chi connectivity index (χ3n) is 5.61. The van der Waals surface area contributed by atoms with Gasteiger partial charge in [0.2, 0.25) is 10.0 Å². The first kappa shape index (κ1) is 19.4. The van der Waals surface area contributed by atoms with Crippen LogP contribution in [0.5, 0.6) is 0 Å². The van der Waals surface area contributed by atoms with E-state index in [2.05, 4.69) is 39.5 Å². The summed E-state index contributed by atoms with van der Waals surface area (Å²) in [6.07, 6.45) is 5.91. The van der Waals surface area contributed by atoms with Gasteiger partial charge in [0.05, 0.1) is 0 Å². The summed E-state index contributed by atoms with van der Waals surface area (Å²) in [5.74, 6) is 0.691. The minimum absolute atomic E-state index is 0.273. The zero-order valence-corrected chi connectivity index (χ0v) is 17.0. The summed E-state index contributed by atoms with van der Waals surface area (Å²) in [5.41, 5.74) is 2.59. The van der Waals surface area contributed by atoms with Gasteiger partial charge in [-0.25, -0.2) is 13.4 Å². The van der Waals surface area contributed by atoms with E-state index in [1.807, 2.05) is 0 Å². The lowest BCUT2D eigenvalue weighted by Gasteiger charge is -2.18. The molecule has 0 bridgehead atoms. The van der Waals surface area contributed by atoms with Crippen molar-refractivity contribution in [1.29, 1.82) is 0 Å². The topological polar surface area (TPSA) is 65.5 Å². The van der Waals surface area contributed by atoms with E-state index in [0.717, 1.165) is 19.4 Å². The molecule has 3 heterocycles. The summed E-state index contributed by atoms with van der Waals surface area (Å²) in [7, 11) is -3.41. The second-order valence-corrected chi connectivity index (χ2v) is 9.53. The van der Waals surface area contributed by atoms with E-state index >= 15 is 0 Å². The van der Waals surface area contributed by atoms with Gasteiger partial charge in [0.1, 0.15) is 10.7 Å². The summed E-state index contributed by atoms with van der Waals surface area (Å²) in [6.45, 7) is 5.23. The molecule has 0 radical (unpaired) electrons. The van der Waals surface area contributed by atoms with Crippen molar-refractivity contribution in [3.63, 3.8) is 0 Å². The van der Waals surface area contributed by atoms with E-state index in [1.165, 1.54) is 43.3 Å². The summed E-state index contributed by atoms with van der Waals surface area (Å²) >= 11 is 0. The highest BCUT2D eigenvalue weighted by Crippen LogP contribution is 2.21. The van der Waals surface area contributed by atoms with Crippen LogP contribution in [0.15, 0.2) is 47.5 Å². The number of anilines is 1. The Hall–Kier alpha value is -1.96. The zero-order chi connectivity index (χ0) is 19.4. The molecule has 0 saturated carbocycles. The minimum atomic E-state index is -3.41. The van der Waals surface area contributed by atoms with Gasteiger partial charge in [-0.1, -0.05) is 24.3 Å². The molecular weight excluding hydrogens is 372 g/mol. The molecule has 0 atom stereocenters. The van der Waals surface area contributed by atoms with Gasteiger partial charge in [-0.05, 0) is 62.0 Å². The van der Waals surface area contributed by atoms with Crippen molar-refractivity contribution in [3.8, 4) is 0 Å². The Labute approximate surface area is 167 Å². The van der Waals surface area contributed by atoms with Gasteiger partial charge >= 0.3 is 0 Å². The van der Waals surface area contributed by atoms with Gasteiger partial charge in [0.15, 0.2) is 0 Å². The molecule has 1 aromatic heterocycles. The standard InChI is InChI=1S/C21H28N4O2S/c26-28(27,25-13-5-6-14-25)20-9-10-21(23-16-20)22-15-18-7-1-2-8-19(18)17-24-11-3-4-12-24/h1-2,7-10,16H,3-6,11-15,17H2,(H,22,23). The number of benzene rings is 1. The Bertz CT molecular complexity index is 887. The molecule has 2 aliphatic heterocycles. The van der Waals surface area contributed by atoms with E-state index in [4.69, 9.17) is 0 Å². The summed E-state index contributed by atoms with van der Waals surface area (Å²) in [4.78, 5) is 7.10. The number of nitrogens with one attached hydrogen (secondary N) is 1. The third kappa shape index (κ3) is 4.37. The van der Waals surface area contributed by atoms with Crippen LogP contribution in [-0.2, 0) is 23.1 Å². The molecule has 150 valence electrons. The number of rotatable bonds is 7. The average Bonchev–Trinajstić information content (AvgIpc) is 3.42. The predicted molar refractivity (Wildman–Crippen MR) is 111 cm³/mol. The number of aromatic nitrogens is 1. The fourth-order valence-corrected chi connectivity index (χ4v) is 5.43. The van der Waals surface area contributed by atoms with Crippen LogP contribution < -0.4 is 5.32 Å². The van der Waals surface area contributed by atoms with E-state index in [9.17, 15) is 8.42 Å². The van der Waals surface area contributed by atoms with Crippen LogP contribution in [0.2, 0.25) is 0 Å². The largest absolute Gasteiger partial charge is 0.366 e. The van der Waals surface area contributed by atoms with Crippen LogP contribution in [0.4, 0.5) is 5.82 Å². The van der Waals surface area contributed by atoms with Gasteiger partial charge in [-0.3, -0.25) is 4.90 Å². The minimum Gasteiger partial charge on any atom is -0.366 e. The highest BCUT2D eigenvalue weighted by Gasteiger charge is 2.27. The Morgan fingerprint density at radius 2 is 1.57 bits per heavy atom. The third-order valence-corrected chi connectivity index (χ3v) is 7.49. The van der Waals surface area contributed by atoms with Crippen molar-refractivity contribution in [2.45, 2.75) is 43.7 Å². The number of likely N-dealkylation sites (tertiary alicyclic amines) is 1. The molecule has 0 amide bonds. The van der Waals surface area contributed by atoms with Crippen LogP contribution in [-0.4, -0.2) is 48.8 Å². The number of pyridine rings is 1. The summed E-state index contributed by atoms with van der Waals surface area (Å²) in [6, 6.07) is 11.9. The molecule has 2 fully saturated rings. The number of nitrogens with zero attached hydrogens (tertiary/aromatic N) is 3. The number of hydrogen-bond donors (Lipinski definition) is 1. The Morgan fingerprint density at radius 1 is 0.893 bits per heavy atom. The molecule has 28 heavy (non-hydrogen) atoms. The van der Waals surface area contributed by atoms with Crippen LogP contribution in [0.3, 0.4) is 0 Å². The Balaban J connectivity index is 1.40. The molecule has 0 unspecified atom stereocenters. The number of hydrogen-bond acceptors (Lipinski definition) is 5. The monoisotopic (exact) mass is 400 g/mol. The summed E-state index contributed by atoms with van der Waals surface area (Å²) < 4.78 is 26.7. The molecule has 1 aromatic carbocycles. The summed E-state index contributed by atoms with van der Waals surface area (Å²) in [5, 5.41) is 3.34. The van der Waals surface area contributed by atoms with Crippen molar-refractivity contribution in [2.24, 2.45) is 0 Å². The fourth-order valence-electron chi connectivity index (χ4n) is 3.97. The molecule has 7 heteroatoms. The second kappa shape index (κ2) is 8.59. The molecule has 1 N–H and O–H groups in total. The van der Waals surface area contributed by atoms with Crippen LogP contribution >= 0.6 is 0 Å². The highest BCUT2D eigenvalue weighted by atomic mass is 32.2. The molecule has 2 aliphatic rings. The fraction of sp³-hybridized carbons (Fsp3) is 0.476. The Morgan fingerprint density at radius 3 is 2.25 bits per heavy atom. The van der Waals surface area contributed by atoms with E-state index in [-0.39, 0.29) is 4.90 Å². The van der Waals surface area contributed by atoms with Gasteiger partial charge in [0, 0.05) is 32.4 Å². The predicted octanol–water partition coefficient (Wildman–Crippen LogP) is 3.07. The van der Waals surface area contributed by atoms with Gasteiger partial charge in [-0.2, -0.15) is 4.31 Å². The lowest BCUT2D eigenvalue weighted by Crippen LogP contribution is -2.27. The number of sulfonamides is 1. The van der Waals surface area contributed by atoms with Gasteiger partial charge < -0.3 is 5.32 Å². The first-order valence-corrected chi connectivity index (χ1v) is 11.6. The lowest BCUT2D eigenvalue weighted by molar-refractivity contribution is 0.330. The highest BCUT2D eigenvalue weighted by molar-refractivity contribution is 7.89. The van der Waals surface area contributed by atoms with E-state index < -0.39 is 10.0 Å². The van der Waals surface area contributed by atoms with Crippen molar-refractivity contribution >= 4 is 15.8 Å². The molecule has 6 nitrogen and oxygen atoms in total. The van der Waals surface area contributed by atoms with E-state index in [1.54, 1.807) is 16.4 Å². The maximum absolute atomic E-state index is 12.6. The Kier molecular flexibility index (Phi) is 5.94. The first-order valence-electron chi connectivity index (χ1n) is 10.1. The molecule has 2 saturated heterocycles. The molecular formula is C21H28N4O2S. The van der Waals surface area contributed by atoms with Crippen LogP contribution in [0.1, 0.15) is 36.8 Å². The smallest absolute Gasteiger partial charge is 0.244 e. The molecule has 2 aromatic rings. The second-order valence-electron chi connectivity index (χ2n) is 7.60. The maximum atomic E-state index is 12.6. The lowest BCUT2D eigenvalue weighted by atomic mass is 10.1. The average molecular weight is 401 g/mol. The van der Waals surface area contributed by atoms with Crippen LogP contribution in [0.25, 0.3) is 0 Å². The molecule has 0 aliphatic carbocycles. The molecule has 4 rings (SSSR count). The van der Waals surface area contributed by atoms with Crippen LogP contribution in [0, 0.1) is 0 Å². The van der Waals surface area contributed by atoms with Gasteiger partial charge in [-0.15, -0.1) is 0 Å². The maximum Gasteiger partial charge on any atom is 0.244 e. The van der Waals surface area contributed by atoms with Crippen molar-refractivity contribution in [2.75, 3.05) is 31.5 Å². The first-order chi connectivity index (χ1) is 13.6. The SMILES string of the molecule is O=S(=O)(c1ccc(NCc2ccccc2CN2CCCC2)nc1)N1CCCC1. The van der Waals surface area contributed by atoms with Gasteiger partial charge in [0.25, 0.3) is 0 Å². The van der Waals surface area contributed by atoms with Crippen molar-refractivity contribution in [3.05, 3.63) is 53.7 Å². The van der Waals surface area contributed by atoms with Crippen molar-refractivity contribution in [1.82, 2.24) is 14.2 Å². The van der Waals surface area contributed by atoms with E-state index in [0.29, 0.717) is 25.5 Å².